The van der Waals surface area contributed by atoms with Crippen LogP contribution in [-0.2, 0) is 0 Å². The third kappa shape index (κ3) is 4.45. The maximum atomic E-state index is 15.0. The van der Waals surface area contributed by atoms with Gasteiger partial charge < -0.3 is 0 Å². The fourth-order valence-corrected chi connectivity index (χ4v) is 6.25. The fourth-order valence-electron chi connectivity index (χ4n) is 6.25. The molecule has 0 aliphatic carbocycles. The summed E-state index contributed by atoms with van der Waals surface area (Å²) in [7, 11) is 0. The van der Waals surface area contributed by atoms with Gasteiger partial charge in [0.2, 0.25) is 0 Å². The van der Waals surface area contributed by atoms with Crippen LogP contribution < -0.4 is 19.6 Å². The summed E-state index contributed by atoms with van der Waals surface area (Å²) in [5, 5.41) is 0. The van der Waals surface area contributed by atoms with Crippen LogP contribution in [0.2, 0.25) is 0 Å². The molecule has 0 radical (unpaired) electrons. The van der Waals surface area contributed by atoms with E-state index in [4.69, 9.17) is 0 Å². The van der Waals surface area contributed by atoms with Crippen LogP contribution >= 0.6 is 0 Å². The molecule has 6 aromatic carbocycles. The molecule has 46 heavy (non-hydrogen) atoms. The highest BCUT2D eigenvalue weighted by Crippen LogP contribution is 2.57. The van der Waals surface area contributed by atoms with Gasteiger partial charge >= 0.3 is 0 Å². The van der Waals surface area contributed by atoms with Gasteiger partial charge in [0.05, 0.1) is 45.5 Å². The number of rotatable bonds is 4. The quantitative estimate of drug-likeness (QED) is 0.184. The van der Waals surface area contributed by atoms with Gasteiger partial charge in [0, 0.05) is 0 Å². The summed E-state index contributed by atoms with van der Waals surface area (Å²) < 4.78 is 59.8. The molecule has 0 saturated carbocycles. The highest BCUT2D eigenvalue weighted by Gasteiger charge is 2.44. The largest absolute Gasteiger partial charge is 0.291 e. The first-order chi connectivity index (χ1) is 22.5. The summed E-state index contributed by atoms with van der Waals surface area (Å²) in [4.78, 5) is 7.57. The van der Waals surface area contributed by atoms with Crippen LogP contribution in [-0.4, -0.2) is 0 Å². The van der Waals surface area contributed by atoms with Crippen molar-refractivity contribution in [2.75, 3.05) is 19.6 Å². The van der Waals surface area contributed by atoms with E-state index in [2.05, 4.69) is 0 Å². The molecule has 0 atom stereocenters. The van der Waals surface area contributed by atoms with Crippen molar-refractivity contribution in [3.05, 3.63) is 181 Å². The van der Waals surface area contributed by atoms with Crippen LogP contribution in [0.4, 0.5) is 63.1 Å². The van der Waals surface area contributed by atoms with E-state index in [1.165, 1.54) is 48.5 Å². The summed E-state index contributed by atoms with van der Waals surface area (Å²) in [6, 6.07) is 39.9. The van der Waals surface area contributed by atoms with Crippen molar-refractivity contribution in [3.8, 4) is 0 Å². The van der Waals surface area contributed by atoms with Crippen molar-refractivity contribution < 1.29 is 17.6 Å². The van der Waals surface area contributed by atoms with Crippen molar-refractivity contribution in [2.45, 2.75) is 0 Å². The average Bonchev–Trinajstić information content (AvgIpc) is 3.58. The Bertz CT molecular complexity index is 1860. The molecule has 8 heteroatoms. The minimum atomic E-state index is -0.442. The first-order valence-corrected chi connectivity index (χ1v) is 14.6. The Kier molecular flexibility index (Phi) is 6.49. The highest BCUT2D eigenvalue weighted by atomic mass is 19.1. The molecule has 0 amide bonds. The number of hydrogen-bond donors (Lipinski definition) is 0. The molecule has 2 aliphatic rings. The van der Waals surface area contributed by atoms with E-state index in [1.807, 2.05) is 68.1 Å². The summed E-state index contributed by atoms with van der Waals surface area (Å²) in [5.41, 5.74) is 4.82. The minimum Gasteiger partial charge on any atom is -0.291 e. The average molecular weight is 613 g/mol. The number of anilines is 8. The lowest BCUT2D eigenvalue weighted by Crippen LogP contribution is -2.33. The maximum absolute atomic E-state index is 15.0. The molecule has 0 unspecified atom stereocenters. The van der Waals surface area contributed by atoms with Gasteiger partial charge in [-0.05, 0) is 97.1 Å². The van der Waals surface area contributed by atoms with Crippen LogP contribution in [0, 0.1) is 23.3 Å². The maximum Gasteiger partial charge on any atom is 0.166 e. The summed E-state index contributed by atoms with van der Waals surface area (Å²) in [6.45, 7) is 0. The molecule has 8 rings (SSSR count). The molecule has 0 fully saturated rings. The molecule has 0 aromatic heterocycles. The van der Waals surface area contributed by atoms with Crippen LogP contribution in [0.15, 0.2) is 157 Å². The molecular formula is C38H24F4N4. The number of hydrogen-bond acceptors (Lipinski definition) is 4. The van der Waals surface area contributed by atoms with E-state index in [-0.39, 0.29) is 0 Å². The Labute approximate surface area is 262 Å². The van der Waals surface area contributed by atoms with Crippen molar-refractivity contribution >= 4 is 45.5 Å². The number of benzene rings is 6. The first kappa shape index (κ1) is 27.5. The van der Waals surface area contributed by atoms with E-state index >= 15 is 0 Å². The van der Waals surface area contributed by atoms with Gasteiger partial charge in [-0.15, -0.1) is 0 Å². The molecule has 0 spiro atoms. The van der Waals surface area contributed by atoms with E-state index < -0.39 is 23.3 Å². The van der Waals surface area contributed by atoms with Crippen molar-refractivity contribution in [1.82, 2.24) is 0 Å². The Morgan fingerprint density at radius 1 is 0.283 bits per heavy atom. The minimum absolute atomic E-state index is 0.442. The molecule has 0 saturated heterocycles. The topological polar surface area (TPSA) is 13.0 Å². The zero-order chi connectivity index (χ0) is 31.4. The van der Waals surface area contributed by atoms with Crippen LogP contribution in [0.5, 0.6) is 0 Å². The van der Waals surface area contributed by atoms with Gasteiger partial charge in [-0.3, -0.25) is 19.6 Å². The lowest BCUT2D eigenvalue weighted by molar-refractivity contribution is 0.626. The van der Waals surface area contributed by atoms with E-state index in [9.17, 15) is 17.6 Å². The molecule has 2 heterocycles. The van der Waals surface area contributed by atoms with E-state index in [0.717, 1.165) is 0 Å². The zero-order valence-electron chi connectivity index (χ0n) is 24.2. The monoisotopic (exact) mass is 612 g/mol. The second-order valence-corrected chi connectivity index (χ2v) is 10.9. The van der Waals surface area contributed by atoms with Gasteiger partial charge in [0.25, 0.3) is 0 Å². The third-order valence-corrected chi connectivity index (χ3v) is 8.04. The van der Waals surface area contributed by atoms with Crippen LogP contribution in [0.3, 0.4) is 0 Å². The molecule has 224 valence electrons. The third-order valence-electron chi connectivity index (χ3n) is 8.04. The Hall–Kier alpha value is -6.02. The van der Waals surface area contributed by atoms with Crippen LogP contribution in [0.1, 0.15) is 0 Å². The number of halogens is 4. The molecule has 4 nitrogen and oxygen atoms in total. The number of para-hydroxylation sites is 4. The van der Waals surface area contributed by atoms with Crippen LogP contribution in [0.25, 0.3) is 0 Å². The van der Waals surface area contributed by atoms with Crippen molar-refractivity contribution in [2.24, 2.45) is 0 Å². The second kappa shape index (κ2) is 10.9. The van der Waals surface area contributed by atoms with Gasteiger partial charge in [0.15, 0.2) is 11.6 Å². The molecule has 0 bridgehead atoms. The molecule has 6 aromatic rings. The van der Waals surface area contributed by atoms with E-state index in [0.29, 0.717) is 57.1 Å². The highest BCUT2D eigenvalue weighted by molar-refractivity contribution is 5.99. The predicted molar refractivity (Wildman–Crippen MR) is 174 cm³/mol. The smallest absolute Gasteiger partial charge is 0.166 e. The Morgan fingerprint density at radius 3 is 0.739 bits per heavy atom. The Morgan fingerprint density at radius 2 is 0.522 bits per heavy atom. The molecule has 2 aliphatic heterocycles. The summed E-state index contributed by atoms with van der Waals surface area (Å²) in [6.07, 6.45) is 0. The summed E-state index contributed by atoms with van der Waals surface area (Å²) >= 11 is 0. The van der Waals surface area contributed by atoms with Gasteiger partial charge in [-0.1, -0.05) is 48.5 Å². The van der Waals surface area contributed by atoms with Gasteiger partial charge in [0.1, 0.15) is 23.3 Å². The lowest BCUT2D eigenvalue weighted by Gasteiger charge is -2.34. The van der Waals surface area contributed by atoms with E-state index in [1.54, 1.807) is 48.5 Å². The van der Waals surface area contributed by atoms with Crippen molar-refractivity contribution in [3.63, 3.8) is 0 Å². The zero-order valence-corrected chi connectivity index (χ0v) is 24.2. The van der Waals surface area contributed by atoms with Gasteiger partial charge in [-0.25, -0.2) is 17.6 Å². The lowest BCUT2D eigenvalue weighted by atomic mass is 10.2. The fraction of sp³-hybridized carbons (Fsp3) is 0. The molecule has 0 N–H and O–H groups in total. The standard InChI is InChI=1S/C38H24F4N4/c39-25-9-5-13-29(21-25)43-33-17-1-2-18-34(33)44(30-14-6-10-26(40)22-30)37(43)38-45(31-15-7-11-27(41)23-31)35-19-3-4-20-36(35)46(38)32-16-8-12-28(42)24-32/h1-24H. The number of fused-ring (bicyclic) bond motifs is 2. The predicted octanol–water partition coefficient (Wildman–Crippen LogP) is 10.6. The second-order valence-electron chi connectivity index (χ2n) is 10.9. The molecular weight excluding hydrogens is 588 g/mol. The van der Waals surface area contributed by atoms with Crippen molar-refractivity contribution in [1.29, 1.82) is 0 Å². The Balaban J connectivity index is 1.54. The SMILES string of the molecule is Fc1cccc(N2C(=C3N(c4cccc(F)c4)c4ccccc4N3c3cccc(F)c3)N(c3cccc(F)c3)c3ccccc32)c1. The van der Waals surface area contributed by atoms with Gasteiger partial charge in [-0.2, -0.15) is 0 Å². The first-order valence-electron chi connectivity index (χ1n) is 14.6. The number of nitrogens with zero attached hydrogens (tertiary/aromatic N) is 4. The normalized spacial score (nSPS) is 13.8. The summed E-state index contributed by atoms with van der Waals surface area (Å²) in [5.74, 6) is -0.793.